The van der Waals surface area contributed by atoms with E-state index in [4.69, 9.17) is 0 Å². The van der Waals surface area contributed by atoms with Crippen LogP contribution in [0.1, 0.15) is 58.8 Å². The summed E-state index contributed by atoms with van der Waals surface area (Å²) in [6.45, 7) is 6.93. The molecule has 1 heterocycles. The fourth-order valence-electron chi connectivity index (χ4n) is 2.43. The van der Waals surface area contributed by atoms with Crippen LogP contribution in [0.4, 0.5) is 0 Å². The molecule has 0 spiro atoms. The second-order valence-corrected chi connectivity index (χ2v) is 5.15. The first-order valence-corrected chi connectivity index (χ1v) is 7.23. The van der Waals surface area contributed by atoms with Gasteiger partial charge in [-0.1, -0.05) is 32.6 Å². The Labute approximate surface area is 106 Å². The lowest BCUT2D eigenvalue weighted by atomic mass is 10.0. The van der Waals surface area contributed by atoms with E-state index < -0.39 is 0 Å². The number of unbranched alkanes of at least 4 members (excludes halogenated alkanes) is 4. The van der Waals surface area contributed by atoms with Crippen molar-refractivity contribution in [2.24, 2.45) is 0 Å². The summed E-state index contributed by atoms with van der Waals surface area (Å²) in [5.74, 6) is 0.225. The van der Waals surface area contributed by atoms with Crippen LogP contribution in [0.2, 0.25) is 0 Å². The standard InChI is InChI=1S/C14H28N2O/c1-3-4-5-6-7-10-15-14-8-11-16(12-9-14)13(2)17/h14-15H,3-12H2,1-2H3. The topological polar surface area (TPSA) is 32.3 Å². The summed E-state index contributed by atoms with van der Waals surface area (Å²) in [5, 5.41) is 3.62. The van der Waals surface area contributed by atoms with Gasteiger partial charge in [-0.3, -0.25) is 4.79 Å². The molecule has 3 nitrogen and oxygen atoms in total. The average molecular weight is 240 g/mol. The van der Waals surface area contributed by atoms with Crippen LogP contribution in [0.5, 0.6) is 0 Å². The van der Waals surface area contributed by atoms with Crippen LogP contribution in [-0.2, 0) is 4.79 Å². The molecule has 1 fully saturated rings. The smallest absolute Gasteiger partial charge is 0.219 e. The summed E-state index contributed by atoms with van der Waals surface area (Å²) in [6.07, 6.45) is 8.96. The summed E-state index contributed by atoms with van der Waals surface area (Å²) in [4.78, 5) is 13.1. The first-order valence-electron chi connectivity index (χ1n) is 7.23. The maximum Gasteiger partial charge on any atom is 0.219 e. The SMILES string of the molecule is CCCCCCCNC1CCN(C(C)=O)CC1. The molecule has 0 atom stereocenters. The van der Waals surface area contributed by atoms with Gasteiger partial charge in [-0.25, -0.2) is 0 Å². The Hall–Kier alpha value is -0.570. The van der Waals surface area contributed by atoms with E-state index in [9.17, 15) is 4.79 Å². The van der Waals surface area contributed by atoms with Crippen molar-refractivity contribution < 1.29 is 4.79 Å². The van der Waals surface area contributed by atoms with Crippen molar-refractivity contribution in [3.63, 3.8) is 0 Å². The predicted octanol–water partition coefficient (Wildman–Crippen LogP) is 2.56. The number of hydrogen-bond acceptors (Lipinski definition) is 2. The molecule has 1 amide bonds. The van der Waals surface area contributed by atoms with E-state index in [1.54, 1.807) is 6.92 Å². The summed E-state index contributed by atoms with van der Waals surface area (Å²) < 4.78 is 0. The monoisotopic (exact) mass is 240 g/mol. The van der Waals surface area contributed by atoms with E-state index in [2.05, 4.69) is 12.2 Å². The number of amides is 1. The van der Waals surface area contributed by atoms with Crippen LogP contribution < -0.4 is 5.32 Å². The van der Waals surface area contributed by atoms with Gasteiger partial charge in [0.1, 0.15) is 0 Å². The maximum atomic E-state index is 11.2. The van der Waals surface area contributed by atoms with Gasteiger partial charge in [-0.2, -0.15) is 0 Å². The van der Waals surface area contributed by atoms with Crippen molar-refractivity contribution in [3.05, 3.63) is 0 Å². The number of piperidine rings is 1. The third-order valence-electron chi connectivity index (χ3n) is 3.65. The van der Waals surface area contributed by atoms with Gasteiger partial charge in [0, 0.05) is 26.1 Å². The highest BCUT2D eigenvalue weighted by molar-refractivity contribution is 5.73. The zero-order chi connectivity index (χ0) is 12.5. The molecule has 0 aromatic carbocycles. The molecule has 3 heteroatoms. The lowest BCUT2D eigenvalue weighted by Crippen LogP contribution is -2.44. The van der Waals surface area contributed by atoms with E-state index in [0.717, 1.165) is 32.5 Å². The zero-order valence-corrected chi connectivity index (χ0v) is 11.5. The number of nitrogens with zero attached hydrogens (tertiary/aromatic N) is 1. The van der Waals surface area contributed by atoms with Gasteiger partial charge < -0.3 is 10.2 Å². The highest BCUT2D eigenvalue weighted by Crippen LogP contribution is 2.10. The molecule has 1 aliphatic rings. The molecule has 0 aliphatic carbocycles. The average Bonchev–Trinajstić information content (AvgIpc) is 2.34. The Morgan fingerprint density at radius 2 is 1.82 bits per heavy atom. The van der Waals surface area contributed by atoms with E-state index in [1.807, 2.05) is 4.90 Å². The van der Waals surface area contributed by atoms with Crippen molar-refractivity contribution in [2.45, 2.75) is 64.8 Å². The molecule has 100 valence electrons. The number of hydrogen-bond donors (Lipinski definition) is 1. The van der Waals surface area contributed by atoms with Crippen molar-refractivity contribution in [3.8, 4) is 0 Å². The van der Waals surface area contributed by atoms with Crippen molar-refractivity contribution >= 4 is 5.91 Å². The molecule has 17 heavy (non-hydrogen) atoms. The van der Waals surface area contributed by atoms with Crippen LogP contribution in [0.15, 0.2) is 0 Å². The van der Waals surface area contributed by atoms with Crippen LogP contribution in [0.3, 0.4) is 0 Å². The van der Waals surface area contributed by atoms with Crippen molar-refractivity contribution in [1.82, 2.24) is 10.2 Å². The fraction of sp³-hybridized carbons (Fsp3) is 0.929. The number of carbonyl (C=O) groups excluding carboxylic acids is 1. The lowest BCUT2D eigenvalue weighted by Gasteiger charge is -2.31. The molecular weight excluding hydrogens is 212 g/mol. The van der Waals surface area contributed by atoms with Crippen LogP contribution >= 0.6 is 0 Å². The Balaban J connectivity index is 1.97. The van der Waals surface area contributed by atoms with Crippen molar-refractivity contribution in [1.29, 1.82) is 0 Å². The molecule has 0 aromatic rings. The molecule has 0 unspecified atom stereocenters. The second kappa shape index (κ2) is 8.51. The van der Waals surface area contributed by atoms with Crippen LogP contribution in [-0.4, -0.2) is 36.5 Å². The fourth-order valence-corrected chi connectivity index (χ4v) is 2.43. The van der Waals surface area contributed by atoms with E-state index in [1.165, 1.54) is 32.1 Å². The normalized spacial score (nSPS) is 17.4. The van der Waals surface area contributed by atoms with Gasteiger partial charge >= 0.3 is 0 Å². The molecule has 0 aromatic heterocycles. The highest BCUT2D eigenvalue weighted by atomic mass is 16.2. The van der Waals surface area contributed by atoms with Crippen LogP contribution in [0.25, 0.3) is 0 Å². The van der Waals surface area contributed by atoms with E-state index in [-0.39, 0.29) is 5.91 Å². The largest absolute Gasteiger partial charge is 0.343 e. The van der Waals surface area contributed by atoms with Gasteiger partial charge in [-0.15, -0.1) is 0 Å². The minimum Gasteiger partial charge on any atom is -0.343 e. The zero-order valence-electron chi connectivity index (χ0n) is 11.5. The first kappa shape index (κ1) is 14.5. The van der Waals surface area contributed by atoms with E-state index >= 15 is 0 Å². The quantitative estimate of drug-likeness (QED) is 0.694. The molecule has 1 N–H and O–H groups in total. The predicted molar refractivity (Wildman–Crippen MR) is 72.0 cm³/mol. The van der Waals surface area contributed by atoms with Crippen LogP contribution in [0, 0.1) is 0 Å². The minimum atomic E-state index is 0.225. The Bertz CT molecular complexity index is 210. The van der Waals surface area contributed by atoms with Gasteiger partial charge in [-0.05, 0) is 25.8 Å². The van der Waals surface area contributed by atoms with E-state index in [0.29, 0.717) is 6.04 Å². The molecular formula is C14H28N2O. The third kappa shape index (κ3) is 6.06. The highest BCUT2D eigenvalue weighted by Gasteiger charge is 2.19. The van der Waals surface area contributed by atoms with Crippen molar-refractivity contribution in [2.75, 3.05) is 19.6 Å². The Morgan fingerprint density at radius 3 is 2.41 bits per heavy atom. The molecule has 1 rings (SSSR count). The summed E-state index contributed by atoms with van der Waals surface area (Å²) in [6, 6.07) is 0.636. The van der Waals surface area contributed by atoms with Gasteiger partial charge in [0.15, 0.2) is 0 Å². The number of carbonyl (C=O) groups is 1. The van der Waals surface area contributed by atoms with Gasteiger partial charge in [0.05, 0.1) is 0 Å². The number of nitrogens with one attached hydrogen (secondary N) is 1. The number of rotatable bonds is 7. The Morgan fingerprint density at radius 1 is 1.18 bits per heavy atom. The molecule has 1 aliphatic heterocycles. The summed E-state index contributed by atoms with van der Waals surface area (Å²) >= 11 is 0. The summed E-state index contributed by atoms with van der Waals surface area (Å²) in [7, 11) is 0. The second-order valence-electron chi connectivity index (χ2n) is 5.15. The Kier molecular flexibility index (Phi) is 7.25. The number of likely N-dealkylation sites (tertiary alicyclic amines) is 1. The molecule has 1 saturated heterocycles. The molecule has 0 radical (unpaired) electrons. The first-order chi connectivity index (χ1) is 8.24. The maximum absolute atomic E-state index is 11.2. The molecule has 0 saturated carbocycles. The lowest BCUT2D eigenvalue weighted by molar-refractivity contribution is -0.129. The van der Waals surface area contributed by atoms with Gasteiger partial charge in [0.2, 0.25) is 5.91 Å². The third-order valence-corrected chi connectivity index (χ3v) is 3.65. The van der Waals surface area contributed by atoms with Gasteiger partial charge in [0.25, 0.3) is 0 Å². The summed E-state index contributed by atoms with van der Waals surface area (Å²) in [5.41, 5.74) is 0. The minimum absolute atomic E-state index is 0.225. The molecule has 0 bridgehead atoms.